The van der Waals surface area contributed by atoms with Gasteiger partial charge in [0.2, 0.25) is 0 Å². The van der Waals surface area contributed by atoms with Crippen LogP contribution in [0.5, 0.6) is 11.5 Å². The van der Waals surface area contributed by atoms with Crippen LogP contribution in [0, 0.1) is 0 Å². The van der Waals surface area contributed by atoms with Gasteiger partial charge in [-0.25, -0.2) is 0 Å². The number of rotatable bonds is 0. The lowest BCUT2D eigenvalue weighted by Crippen LogP contribution is -2.12. The lowest BCUT2D eigenvalue weighted by molar-refractivity contribution is 0.0966. The SMILES string of the molecule is O=C1NCc2c(O)c(O)cc(Cl)c21. The Morgan fingerprint density at radius 3 is 2.85 bits per heavy atom. The standard InChI is InChI=1S/C8H6ClNO3/c9-4-1-5(11)7(12)3-2-10-8(13)6(3)4/h1,11-12H,2H2,(H,10,13). The molecule has 13 heavy (non-hydrogen) atoms. The highest BCUT2D eigenvalue weighted by molar-refractivity contribution is 6.34. The number of phenols is 2. The molecule has 0 spiro atoms. The number of phenolic OH excluding ortho intramolecular Hbond substituents is 2. The number of amides is 1. The molecule has 68 valence electrons. The smallest absolute Gasteiger partial charge is 0.253 e. The molecule has 4 nitrogen and oxygen atoms in total. The van der Waals surface area contributed by atoms with Crippen LogP contribution in [0.1, 0.15) is 15.9 Å². The van der Waals surface area contributed by atoms with E-state index < -0.39 is 0 Å². The monoisotopic (exact) mass is 199 g/mol. The van der Waals surface area contributed by atoms with E-state index in [1.54, 1.807) is 0 Å². The van der Waals surface area contributed by atoms with Crippen molar-refractivity contribution < 1.29 is 15.0 Å². The van der Waals surface area contributed by atoms with Gasteiger partial charge in [0, 0.05) is 18.2 Å². The third-order valence-electron chi connectivity index (χ3n) is 1.99. The number of hydrogen-bond acceptors (Lipinski definition) is 3. The zero-order valence-electron chi connectivity index (χ0n) is 6.47. The molecule has 0 aromatic heterocycles. The Balaban J connectivity index is 2.76. The van der Waals surface area contributed by atoms with Crippen LogP contribution in [-0.2, 0) is 6.54 Å². The highest BCUT2D eigenvalue weighted by Crippen LogP contribution is 2.38. The first-order valence-electron chi connectivity index (χ1n) is 3.62. The van der Waals surface area contributed by atoms with E-state index in [2.05, 4.69) is 5.32 Å². The van der Waals surface area contributed by atoms with Crippen molar-refractivity contribution in [1.82, 2.24) is 5.32 Å². The van der Waals surface area contributed by atoms with Crippen molar-refractivity contribution in [1.29, 1.82) is 0 Å². The Kier molecular flexibility index (Phi) is 1.60. The predicted octanol–water partition coefficient (Wildman–Crippen LogP) is 0.995. The second-order valence-electron chi connectivity index (χ2n) is 2.76. The molecule has 1 amide bonds. The molecule has 0 unspecified atom stereocenters. The summed E-state index contributed by atoms with van der Waals surface area (Å²) < 4.78 is 0. The van der Waals surface area contributed by atoms with E-state index >= 15 is 0 Å². The number of hydrogen-bond donors (Lipinski definition) is 3. The molecule has 0 atom stereocenters. The lowest BCUT2D eigenvalue weighted by atomic mass is 10.1. The zero-order valence-corrected chi connectivity index (χ0v) is 7.22. The highest BCUT2D eigenvalue weighted by atomic mass is 35.5. The number of nitrogens with one attached hydrogen (secondary N) is 1. The molecule has 0 saturated heterocycles. The topological polar surface area (TPSA) is 69.6 Å². The zero-order chi connectivity index (χ0) is 9.59. The fraction of sp³-hybridized carbons (Fsp3) is 0.125. The molecule has 1 heterocycles. The van der Waals surface area contributed by atoms with Crippen LogP contribution in [-0.4, -0.2) is 16.1 Å². The minimum Gasteiger partial charge on any atom is -0.504 e. The van der Waals surface area contributed by atoms with Gasteiger partial charge in [0.1, 0.15) is 0 Å². The van der Waals surface area contributed by atoms with Crippen molar-refractivity contribution in [2.45, 2.75) is 6.54 Å². The summed E-state index contributed by atoms with van der Waals surface area (Å²) in [4.78, 5) is 11.2. The lowest BCUT2D eigenvalue weighted by Gasteiger charge is -2.03. The maximum Gasteiger partial charge on any atom is 0.253 e. The molecule has 5 heteroatoms. The maximum atomic E-state index is 11.2. The van der Waals surface area contributed by atoms with Gasteiger partial charge in [-0.3, -0.25) is 4.79 Å². The van der Waals surface area contributed by atoms with Crippen LogP contribution in [0.2, 0.25) is 5.02 Å². The molecule has 3 N–H and O–H groups in total. The molecule has 1 aliphatic heterocycles. The van der Waals surface area contributed by atoms with Crippen molar-refractivity contribution in [3.63, 3.8) is 0 Å². The van der Waals surface area contributed by atoms with Crippen LogP contribution in [0.4, 0.5) is 0 Å². The largest absolute Gasteiger partial charge is 0.504 e. The van der Waals surface area contributed by atoms with E-state index in [-0.39, 0.29) is 34.5 Å². The summed E-state index contributed by atoms with van der Waals surface area (Å²) in [7, 11) is 0. The van der Waals surface area contributed by atoms with Gasteiger partial charge in [-0.15, -0.1) is 0 Å². The van der Waals surface area contributed by atoms with Crippen molar-refractivity contribution >= 4 is 17.5 Å². The van der Waals surface area contributed by atoms with Gasteiger partial charge < -0.3 is 15.5 Å². The second-order valence-corrected chi connectivity index (χ2v) is 3.17. The molecule has 2 rings (SSSR count). The van der Waals surface area contributed by atoms with Crippen LogP contribution in [0.25, 0.3) is 0 Å². The Hall–Kier alpha value is -1.42. The third kappa shape index (κ3) is 1.02. The number of halogens is 1. The molecule has 1 aliphatic rings. The molecular formula is C8H6ClNO3. The predicted molar refractivity (Wildman–Crippen MR) is 46.0 cm³/mol. The third-order valence-corrected chi connectivity index (χ3v) is 2.28. The summed E-state index contributed by atoms with van der Waals surface area (Å²) in [5, 5.41) is 21.2. The number of benzene rings is 1. The molecule has 0 aliphatic carbocycles. The number of carbonyl (C=O) groups excluding carboxylic acids is 1. The number of carbonyl (C=O) groups is 1. The molecule has 0 saturated carbocycles. The molecule has 0 fully saturated rings. The van der Waals surface area contributed by atoms with E-state index in [1.807, 2.05) is 0 Å². The summed E-state index contributed by atoms with van der Waals surface area (Å²) in [5.74, 6) is -0.909. The van der Waals surface area contributed by atoms with Gasteiger partial charge in [-0.05, 0) is 0 Å². The van der Waals surface area contributed by atoms with E-state index in [1.165, 1.54) is 0 Å². The molecular weight excluding hydrogens is 194 g/mol. The molecule has 1 aromatic rings. The molecule has 1 aromatic carbocycles. The Morgan fingerprint density at radius 1 is 1.46 bits per heavy atom. The summed E-state index contributed by atoms with van der Waals surface area (Å²) in [6.07, 6.45) is 0. The van der Waals surface area contributed by atoms with E-state index in [0.717, 1.165) is 6.07 Å². The Labute approximate surface area is 78.8 Å². The van der Waals surface area contributed by atoms with Crippen molar-refractivity contribution in [3.05, 3.63) is 22.2 Å². The van der Waals surface area contributed by atoms with E-state index in [9.17, 15) is 15.0 Å². The first-order valence-corrected chi connectivity index (χ1v) is 4.00. The van der Waals surface area contributed by atoms with Crippen molar-refractivity contribution in [3.8, 4) is 11.5 Å². The van der Waals surface area contributed by atoms with Crippen LogP contribution >= 0.6 is 11.6 Å². The number of fused-ring (bicyclic) bond motifs is 1. The molecule has 0 radical (unpaired) electrons. The van der Waals surface area contributed by atoms with Crippen LogP contribution < -0.4 is 5.32 Å². The van der Waals surface area contributed by atoms with Crippen molar-refractivity contribution in [2.24, 2.45) is 0 Å². The quantitative estimate of drug-likeness (QED) is 0.546. The summed E-state index contributed by atoms with van der Waals surface area (Å²) in [5.41, 5.74) is 0.604. The minimum absolute atomic E-state index is 0.153. The van der Waals surface area contributed by atoms with Gasteiger partial charge in [-0.2, -0.15) is 0 Å². The van der Waals surface area contributed by atoms with Crippen LogP contribution in [0.3, 0.4) is 0 Å². The Morgan fingerprint density at radius 2 is 2.15 bits per heavy atom. The second kappa shape index (κ2) is 2.53. The van der Waals surface area contributed by atoms with E-state index in [4.69, 9.17) is 11.6 Å². The highest BCUT2D eigenvalue weighted by Gasteiger charge is 2.26. The summed E-state index contributed by atoms with van der Waals surface area (Å²) in [6, 6.07) is 1.15. The summed E-state index contributed by atoms with van der Waals surface area (Å²) >= 11 is 5.71. The first-order chi connectivity index (χ1) is 6.11. The van der Waals surface area contributed by atoms with Crippen LogP contribution in [0.15, 0.2) is 6.07 Å². The fourth-order valence-electron chi connectivity index (χ4n) is 1.35. The van der Waals surface area contributed by atoms with Gasteiger partial charge in [0.15, 0.2) is 11.5 Å². The van der Waals surface area contributed by atoms with Gasteiger partial charge >= 0.3 is 0 Å². The van der Waals surface area contributed by atoms with Crippen molar-refractivity contribution in [2.75, 3.05) is 0 Å². The van der Waals surface area contributed by atoms with Gasteiger partial charge in [-0.1, -0.05) is 11.6 Å². The number of aromatic hydroxyl groups is 2. The summed E-state index contributed by atoms with van der Waals surface area (Å²) in [6.45, 7) is 0.202. The van der Waals surface area contributed by atoms with Gasteiger partial charge in [0.05, 0.1) is 10.6 Å². The van der Waals surface area contributed by atoms with Gasteiger partial charge in [0.25, 0.3) is 5.91 Å². The normalized spacial score (nSPS) is 14.1. The fourth-order valence-corrected chi connectivity index (χ4v) is 1.66. The minimum atomic E-state index is -0.324. The first kappa shape index (κ1) is 8.19. The maximum absolute atomic E-state index is 11.2. The Bertz CT molecular complexity index is 403. The average Bonchev–Trinajstić information content (AvgIpc) is 2.44. The molecule has 0 bridgehead atoms. The van der Waals surface area contributed by atoms with E-state index in [0.29, 0.717) is 5.56 Å². The average molecular weight is 200 g/mol.